The van der Waals surface area contributed by atoms with E-state index in [0.717, 1.165) is 30.0 Å². The molecule has 6 heteroatoms. The van der Waals surface area contributed by atoms with Crippen LogP contribution in [-0.2, 0) is 6.42 Å². The number of rotatable bonds is 8. The number of hydrogen-bond acceptors (Lipinski definition) is 4. The molecule has 128 valence electrons. The van der Waals surface area contributed by atoms with Gasteiger partial charge in [0.1, 0.15) is 4.88 Å². The summed E-state index contributed by atoms with van der Waals surface area (Å²) in [7, 11) is 0. The lowest BCUT2D eigenvalue weighted by Crippen LogP contribution is -2.34. The number of benzene rings is 1. The molecule has 2 amide bonds. The molecule has 2 rings (SSSR count). The van der Waals surface area contributed by atoms with E-state index in [2.05, 4.69) is 22.5 Å². The minimum Gasteiger partial charge on any atom is -0.350 e. The molecule has 0 unspecified atom stereocenters. The quantitative estimate of drug-likeness (QED) is 0.723. The number of unbranched alkanes of at least 4 members (excludes halogenated alkanes) is 1. The number of nitrogens with one attached hydrogen (secondary N) is 2. The average molecular weight is 345 g/mol. The number of carbonyl (C=O) groups excluding carboxylic acids is 2. The maximum Gasteiger partial charge on any atom is 0.263 e. The maximum atomic E-state index is 12.2. The van der Waals surface area contributed by atoms with Gasteiger partial charge in [-0.3, -0.25) is 9.59 Å². The van der Waals surface area contributed by atoms with Crippen molar-refractivity contribution < 1.29 is 9.59 Å². The first-order chi connectivity index (χ1) is 11.6. The average Bonchev–Trinajstić information content (AvgIpc) is 2.98. The second-order valence-corrected chi connectivity index (χ2v) is 6.59. The van der Waals surface area contributed by atoms with Gasteiger partial charge in [0.05, 0.1) is 10.7 Å². The second-order valence-electron chi connectivity index (χ2n) is 5.50. The topological polar surface area (TPSA) is 71.1 Å². The molecule has 24 heavy (non-hydrogen) atoms. The second kappa shape index (κ2) is 9.17. The molecule has 0 radical (unpaired) electrons. The summed E-state index contributed by atoms with van der Waals surface area (Å²) < 4.78 is 0. The van der Waals surface area contributed by atoms with Crippen LogP contribution in [0, 0.1) is 6.92 Å². The van der Waals surface area contributed by atoms with E-state index in [1.54, 1.807) is 12.1 Å². The molecule has 1 heterocycles. The Kier molecular flexibility index (Phi) is 6.93. The number of amides is 2. The Morgan fingerprint density at radius 1 is 1.08 bits per heavy atom. The summed E-state index contributed by atoms with van der Waals surface area (Å²) in [5.41, 5.74) is 1.39. The minimum absolute atomic E-state index is 0.123. The van der Waals surface area contributed by atoms with Gasteiger partial charge in [0.25, 0.3) is 11.8 Å². The highest BCUT2D eigenvalue weighted by Gasteiger charge is 2.14. The molecule has 5 nitrogen and oxygen atoms in total. The normalized spacial score (nSPS) is 10.4. The van der Waals surface area contributed by atoms with Crippen molar-refractivity contribution in [1.82, 2.24) is 15.6 Å². The Morgan fingerprint density at radius 2 is 1.75 bits per heavy atom. The van der Waals surface area contributed by atoms with Gasteiger partial charge in [0.2, 0.25) is 0 Å². The van der Waals surface area contributed by atoms with E-state index in [1.807, 2.05) is 25.1 Å². The predicted molar refractivity (Wildman–Crippen MR) is 96.6 cm³/mol. The van der Waals surface area contributed by atoms with E-state index in [4.69, 9.17) is 0 Å². The van der Waals surface area contributed by atoms with Crippen molar-refractivity contribution in [3.8, 4) is 0 Å². The first-order valence-electron chi connectivity index (χ1n) is 8.19. The van der Waals surface area contributed by atoms with Crippen LogP contribution in [-0.4, -0.2) is 29.9 Å². The molecule has 1 aromatic carbocycles. The van der Waals surface area contributed by atoms with Gasteiger partial charge in [-0.25, -0.2) is 4.98 Å². The van der Waals surface area contributed by atoms with Gasteiger partial charge >= 0.3 is 0 Å². The zero-order chi connectivity index (χ0) is 17.4. The van der Waals surface area contributed by atoms with Crippen molar-refractivity contribution in [2.24, 2.45) is 0 Å². The molecule has 0 bridgehead atoms. The van der Waals surface area contributed by atoms with Gasteiger partial charge in [-0.2, -0.15) is 0 Å². The molecule has 0 aliphatic rings. The van der Waals surface area contributed by atoms with Crippen LogP contribution < -0.4 is 10.6 Å². The molecule has 0 atom stereocenters. The van der Waals surface area contributed by atoms with Gasteiger partial charge in [-0.1, -0.05) is 31.5 Å². The molecular formula is C18H23N3O2S. The van der Waals surface area contributed by atoms with Crippen molar-refractivity contribution >= 4 is 23.2 Å². The van der Waals surface area contributed by atoms with Crippen molar-refractivity contribution in [2.45, 2.75) is 33.1 Å². The summed E-state index contributed by atoms with van der Waals surface area (Å²) in [6.07, 6.45) is 3.11. The van der Waals surface area contributed by atoms with Crippen LogP contribution in [0.2, 0.25) is 0 Å². The summed E-state index contributed by atoms with van der Waals surface area (Å²) in [5, 5.41) is 6.63. The third-order valence-electron chi connectivity index (χ3n) is 3.52. The molecule has 0 spiro atoms. The fourth-order valence-corrected chi connectivity index (χ4v) is 3.24. The van der Waals surface area contributed by atoms with E-state index < -0.39 is 0 Å². The smallest absolute Gasteiger partial charge is 0.263 e. The molecule has 0 aliphatic heterocycles. The number of hydrogen-bond donors (Lipinski definition) is 2. The van der Waals surface area contributed by atoms with E-state index >= 15 is 0 Å². The predicted octanol–water partition coefficient (Wildman–Crippen LogP) is 2.95. The van der Waals surface area contributed by atoms with Crippen molar-refractivity contribution in [3.05, 3.63) is 51.5 Å². The minimum atomic E-state index is -0.138. The Morgan fingerprint density at radius 3 is 2.42 bits per heavy atom. The van der Waals surface area contributed by atoms with Gasteiger partial charge in [-0.15, -0.1) is 11.3 Å². The van der Waals surface area contributed by atoms with Crippen molar-refractivity contribution in [2.75, 3.05) is 13.1 Å². The van der Waals surface area contributed by atoms with Gasteiger partial charge in [-0.05, 0) is 31.9 Å². The first kappa shape index (κ1) is 18.1. The highest BCUT2D eigenvalue weighted by Crippen LogP contribution is 2.19. The number of thiazole rings is 1. The molecule has 0 saturated carbocycles. The van der Waals surface area contributed by atoms with Gasteiger partial charge in [0, 0.05) is 18.7 Å². The summed E-state index contributed by atoms with van der Waals surface area (Å²) in [5.74, 6) is -0.262. The monoisotopic (exact) mass is 345 g/mol. The largest absolute Gasteiger partial charge is 0.350 e. The number of aromatic nitrogens is 1. The van der Waals surface area contributed by atoms with Crippen LogP contribution >= 0.6 is 11.3 Å². The fourth-order valence-electron chi connectivity index (χ4n) is 2.22. The fraction of sp³-hybridized carbons (Fsp3) is 0.389. The molecule has 0 saturated heterocycles. The van der Waals surface area contributed by atoms with Crippen molar-refractivity contribution in [3.63, 3.8) is 0 Å². The van der Waals surface area contributed by atoms with E-state index in [1.165, 1.54) is 11.3 Å². The van der Waals surface area contributed by atoms with Crippen LogP contribution in [0.4, 0.5) is 0 Å². The summed E-state index contributed by atoms with van der Waals surface area (Å²) in [6.45, 7) is 4.77. The number of aryl methyl sites for hydroxylation is 2. The zero-order valence-corrected chi connectivity index (χ0v) is 14.9. The Bertz CT molecular complexity index is 683. The van der Waals surface area contributed by atoms with Crippen LogP contribution in [0.15, 0.2) is 30.3 Å². The first-order valence-corrected chi connectivity index (χ1v) is 9.01. The van der Waals surface area contributed by atoms with Gasteiger partial charge < -0.3 is 10.6 Å². The zero-order valence-electron chi connectivity index (χ0n) is 14.1. The summed E-state index contributed by atoms with van der Waals surface area (Å²) >= 11 is 1.46. The summed E-state index contributed by atoms with van der Waals surface area (Å²) in [6, 6.07) is 9.01. The lowest BCUT2D eigenvalue weighted by Gasteiger charge is -2.06. The summed E-state index contributed by atoms with van der Waals surface area (Å²) in [4.78, 5) is 29.2. The SMILES string of the molecule is CCCCc1nc(C)c(C(=O)NCCNC(=O)c2ccccc2)s1. The molecule has 1 aromatic heterocycles. The lowest BCUT2D eigenvalue weighted by molar-refractivity contribution is 0.0929. The van der Waals surface area contributed by atoms with E-state index in [-0.39, 0.29) is 11.8 Å². The van der Waals surface area contributed by atoms with Gasteiger partial charge in [0.15, 0.2) is 0 Å². The molecule has 2 N–H and O–H groups in total. The number of nitrogens with zero attached hydrogens (tertiary/aromatic N) is 1. The third kappa shape index (κ3) is 5.16. The molecule has 0 aliphatic carbocycles. The molecule has 2 aromatic rings. The maximum absolute atomic E-state index is 12.2. The van der Waals surface area contributed by atoms with Crippen molar-refractivity contribution in [1.29, 1.82) is 0 Å². The highest BCUT2D eigenvalue weighted by molar-refractivity contribution is 7.13. The third-order valence-corrected chi connectivity index (χ3v) is 4.74. The van der Waals surface area contributed by atoms with E-state index in [9.17, 15) is 9.59 Å². The standard InChI is InChI=1S/C18H23N3O2S/c1-3-4-10-15-21-13(2)16(24-15)18(23)20-12-11-19-17(22)14-8-6-5-7-9-14/h5-9H,3-4,10-12H2,1-2H3,(H,19,22)(H,20,23). The van der Waals surface area contributed by atoms with Crippen LogP contribution in [0.3, 0.4) is 0 Å². The Labute approximate surface area is 146 Å². The molecular weight excluding hydrogens is 322 g/mol. The Hall–Kier alpha value is -2.21. The van der Waals surface area contributed by atoms with Crippen LogP contribution in [0.1, 0.15) is 50.5 Å². The Balaban J connectivity index is 1.77. The highest BCUT2D eigenvalue weighted by atomic mass is 32.1. The number of carbonyl (C=O) groups is 2. The van der Waals surface area contributed by atoms with Crippen LogP contribution in [0.25, 0.3) is 0 Å². The lowest BCUT2D eigenvalue weighted by atomic mass is 10.2. The van der Waals surface area contributed by atoms with E-state index in [0.29, 0.717) is 23.5 Å². The molecule has 0 fully saturated rings. The van der Waals surface area contributed by atoms with Crippen LogP contribution in [0.5, 0.6) is 0 Å².